The molecular weight excluding hydrogens is 382 g/mol. The fraction of sp³-hybridized carbons (Fsp3) is 0.182. The van der Waals surface area contributed by atoms with Crippen LogP contribution >= 0.6 is 11.8 Å². The molecular formula is C22H21N5OS. The van der Waals surface area contributed by atoms with Gasteiger partial charge in [0.2, 0.25) is 5.91 Å². The van der Waals surface area contributed by atoms with Crippen molar-refractivity contribution in [3.63, 3.8) is 0 Å². The number of carbonyl (C=O) groups excluding carboxylic acids is 1. The average Bonchev–Trinajstić information content (AvgIpc) is 3.13. The molecule has 6 nitrogen and oxygen atoms in total. The predicted octanol–water partition coefficient (Wildman–Crippen LogP) is 4.45. The summed E-state index contributed by atoms with van der Waals surface area (Å²) in [5.74, 6) is 0.892. The lowest BCUT2D eigenvalue weighted by Gasteiger charge is -2.09. The van der Waals surface area contributed by atoms with Crippen LogP contribution in [0.15, 0.2) is 59.6 Å². The second kappa shape index (κ2) is 8.05. The van der Waals surface area contributed by atoms with Crippen LogP contribution in [0.25, 0.3) is 17.0 Å². The molecule has 0 bridgehead atoms. The minimum Gasteiger partial charge on any atom is -0.325 e. The second-order valence-electron chi connectivity index (χ2n) is 6.99. The molecule has 29 heavy (non-hydrogen) atoms. The van der Waals surface area contributed by atoms with Crippen LogP contribution in [-0.2, 0) is 4.79 Å². The Hall–Kier alpha value is -3.19. The van der Waals surface area contributed by atoms with E-state index >= 15 is 0 Å². The number of thioether (sulfide) groups is 1. The molecule has 1 amide bonds. The number of hydrogen-bond acceptors (Lipinski definition) is 5. The van der Waals surface area contributed by atoms with Crippen molar-refractivity contribution >= 4 is 29.0 Å². The Labute approximate surface area is 173 Å². The van der Waals surface area contributed by atoms with Crippen LogP contribution in [-0.4, -0.2) is 31.5 Å². The number of aromatic nitrogens is 4. The van der Waals surface area contributed by atoms with Crippen molar-refractivity contribution in [1.82, 2.24) is 19.8 Å². The Morgan fingerprint density at radius 1 is 0.966 bits per heavy atom. The van der Waals surface area contributed by atoms with Crippen LogP contribution in [0.3, 0.4) is 0 Å². The van der Waals surface area contributed by atoms with Gasteiger partial charge in [0.15, 0.2) is 11.5 Å². The predicted molar refractivity (Wildman–Crippen MR) is 116 cm³/mol. The van der Waals surface area contributed by atoms with E-state index in [2.05, 4.69) is 20.6 Å². The third kappa shape index (κ3) is 4.30. The van der Waals surface area contributed by atoms with Gasteiger partial charge in [-0.3, -0.25) is 4.79 Å². The molecule has 0 saturated carbocycles. The molecule has 0 atom stereocenters. The van der Waals surface area contributed by atoms with Crippen molar-refractivity contribution in [1.29, 1.82) is 0 Å². The molecule has 4 aromatic rings. The second-order valence-corrected chi connectivity index (χ2v) is 7.98. The Bertz CT molecular complexity index is 1180. The van der Waals surface area contributed by atoms with Gasteiger partial charge in [-0.1, -0.05) is 53.7 Å². The van der Waals surface area contributed by atoms with Crippen molar-refractivity contribution in [3.8, 4) is 11.4 Å². The highest BCUT2D eigenvalue weighted by atomic mass is 32.2. The number of rotatable bonds is 5. The minimum atomic E-state index is -0.0619. The van der Waals surface area contributed by atoms with Crippen molar-refractivity contribution in [2.24, 2.45) is 0 Å². The Morgan fingerprint density at radius 3 is 2.52 bits per heavy atom. The summed E-state index contributed by atoms with van der Waals surface area (Å²) in [6.45, 7) is 6.03. The van der Waals surface area contributed by atoms with Gasteiger partial charge in [-0.15, -0.1) is 10.2 Å². The molecule has 0 aliphatic carbocycles. The first kappa shape index (κ1) is 19.1. The molecule has 1 N–H and O–H groups in total. The molecule has 0 aliphatic rings. The number of carbonyl (C=O) groups is 1. The van der Waals surface area contributed by atoms with E-state index in [4.69, 9.17) is 0 Å². The highest BCUT2D eigenvalue weighted by Crippen LogP contribution is 2.22. The molecule has 146 valence electrons. The maximum Gasteiger partial charge on any atom is 0.234 e. The summed E-state index contributed by atoms with van der Waals surface area (Å²) in [7, 11) is 0. The van der Waals surface area contributed by atoms with Gasteiger partial charge in [-0.25, -0.2) is 0 Å². The highest BCUT2D eigenvalue weighted by molar-refractivity contribution is 7.99. The van der Waals surface area contributed by atoms with E-state index in [1.54, 1.807) is 4.52 Å². The molecule has 0 fully saturated rings. The van der Waals surface area contributed by atoms with Gasteiger partial charge >= 0.3 is 0 Å². The maximum absolute atomic E-state index is 12.4. The van der Waals surface area contributed by atoms with Crippen LogP contribution in [0.4, 0.5) is 5.69 Å². The molecule has 0 radical (unpaired) electrons. The average molecular weight is 404 g/mol. The van der Waals surface area contributed by atoms with Gasteiger partial charge in [0, 0.05) is 11.3 Å². The number of amides is 1. The van der Waals surface area contributed by atoms with Crippen LogP contribution in [0.1, 0.15) is 16.7 Å². The summed E-state index contributed by atoms with van der Waals surface area (Å²) in [6, 6.07) is 17.8. The van der Waals surface area contributed by atoms with E-state index in [1.165, 1.54) is 17.3 Å². The number of aryl methyl sites for hydroxylation is 3. The Balaban J connectivity index is 1.49. The molecule has 2 aromatic carbocycles. The van der Waals surface area contributed by atoms with Crippen LogP contribution in [0, 0.1) is 20.8 Å². The van der Waals surface area contributed by atoms with Gasteiger partial charge in [-0.2, -0.15) is 9.61 Å². The zero-order valence-corrected chi connectivity index (χ0v) is 17.3. The molecule has 4 rings (SSSR count). The highest BCUT2D eigenvalue weighted by Gasteiger charge is 2.12. The number of hydrogen-bond donors (Lipinski definition) is 1. The molecule has 0 aliphatic heterocycles. The van der Waals surface area contributed by atoms with Gasteiger partial charge in [-0.05, 0) is 50.1 Å². The molecule has 0 saturated heterocycles. The number of nitrogens with one attached hydrogen (secondary N) is 1. The third-order valence-corrected chi connectivity index (χ3v) is 5.49. The first-order valence-corrected chi connectivity index (χ1v) is 10.3. The first-order valence-electron chi connectivity index (χ1n) is 9.29. The van der Waals surface area contributed by atoms with Gasteiger partial charge in [0.1, 0.15) is 5.03 Å². The lowest BCUT2D eigenvalue weighted by atomic mass is 10.1. The third-order valence-electron chi connectivity index (χ3n) is 4.57. The van der Waals surface area contributed by atoms with Gasteiger partial charge < -0.3 is 5.32 Å². The topological polar surface area (TPSA) is 72.2 Å². The van der Waals surface area contributed by atoms with Crippen molar-refractivity contribution in [2.45, 2.75) is 25.8 Å². The SMILES string of the molecule is Cc1ccc(-c2nnc3ccc(SCC(=O)Nc4cc(C)ccc4C)nn23)cc1. The van der Waals surface area contributed by atoms with E-state index < -0.39 is 0 Å². The summed E-state index contributed by atoms with van der Waals surface area (Å²) in [5.41, 5.74) is 5.80. The van der Waals surface area contributed by atoms with Gasteiger partial charge in [0.05, 0.1) is 5.75 Å². The standard InChI is InChI=1S/C22H21N5OS/c1-14-5-8-17(9-6-14)22-25-24-19-10-11-21(26-27(19)22)29-13-20(28)23-18-12-15(2)4-7-16(18)3/h4-12H,13H2,1-3H3,(H,23,28). The smallest absolute Gasteiger partial charge is 0.234 e. The van der Waals surface area contributed by atoms with Crippen LogP contribution in [0.2, 0.25) is 0 Å². The van der Waals surface area contributed by atoms with E-state index in [9.17, 15) is 4.79 Å². The van der Waals surface area contributed by atoms with Crippen molar-refractivity contribution in [2.75, 3.05) is 11.1 Å². The summed E-state index contributed by atoms with van der Waals surface area (Å²) < 4.78 is 1.72. The monoisotopic (exact) mass is 403 g/mol. The Kier molecular flexibility index (Phi) is 5.31. The summed E-state index contributed by atoms with van der Waals surface area (Å²) >= 11 is 1.38. The van der Waals surface area contributed by atoms with Crippen LogP contribution < -0.4 is 5.32 Å². The van der Waals surface area contributed by atoms with Gasteiger partial charge in [0.25, 0.3) is 0 Å². The van der Waals surface area contributed by atoms with E-state index in [-0.39, 0.29) is 11.7 Å². The number of fused-ring (bicyclic) bond motifs is 1. The fourth-order valence-corrected chi connectivity index (χ4v) is 3.58. The fourth-order valence-electron chi connectivity index (χ4n) is 2.93. The lowest BCUT2D eigenvalue weighted by Crippen LogP contribution is -2.15. The first-order chi connectivity index (χ1) is 14.0. The minimum absolute atomic E-state index is 0.0619. The zero-order chi connectivity index (χ0) is 20.4. The molecule has 0 spiro atoms. The summed E-state index contributed by atoms with van der Waals surface area (Å²) in [4.78, 5) is 12.4. The largest absolute Gasteiger partial charge is 0.325 e. The molecule has 2 heterocycles. The van der Waals surface area contributed by atoms with E-state index in [0.717, 1.165) is 27.4 Å². The maximum atomic E-state index is 12.4. The molecule has 7 heteroatoms. The normalized spacial score (nSPS) is 11.0. The Morgan fingerprint density at radius 2 is 1.72 bits per heavy atom. The molecule has 0 unspecified atom stereocenters. The zero-order valence-electron chi connectivity index (χ0n) is 16.5. The number of anilines is 1. The quantitative estimate of drug-likeness (QED) is 0.499. The number of nitrogens with zero attached hydrogens (tertiary/aromatic N) is 4. The summed E-state index contributed by atoms with van der Waals surface area (Å²) in [6.07, 6.45) is 0. The number of benzene rings is 2. The molecule has 2 aromatic heterocycles. The lowest BCUT2D eigenvalue weighted by molar-refractivity contribution is -0.113. The van der Waals surface area contributed by atoms with Crippen LogP contribution in [0.5, 0.6) is 0 Å². The van der Waals surface area contributed by atoms with Crippen molar-refractivity contribution < 1.29 is 4.79 Å². The van der Waals surface area contributed by atoms with E-state index in [1.807, 2.05) is 75.4 Å². The van der Waals surface area contributed by atoms with E-state index in [0.29, 0.717) is 11.5 Å². The summed E-state index contributed by atoms with van der Waals surface area (Å²) in [5, 5.41) is 16.8. The van der Waals surface area contributed by atoms with Crippen molar-refractivity contribution in [3.05, 3.63) is 71.3 Å².